The van der Waals surface area contributed by atoms with E-state index in [1.165, 1.54) is 17.0 Å². The average molecular weight is 307 g/mol. The molecule has 0 radical (unpaired) electrons. The van der Waals surface area contributed by atoms with Gasteiger partial charge in [0.2, 0.25) is 5.91 Å². The van der Waals surface area contributed by atoms with E-state index in [2.05, 4.69) is 15.4 Å². The highest BCUT2D eigenvalue weighted by atomic mass is 32.1. The zero-order valence-corrected chi connectivity index (χ0v) is 13.5. The molecule has 0 aliphatic rings. The Hall–Kier alpha value is -1.73. The summed E-state index contributed by atoms with van der Waals surface area (Å²) >= 11 is 1.51. The van der Waals surface area contributed by atoms with E-state index in [-0.39, 0.29) is 5.91 Å². The van der Waals surface area contributed by atoms with Crippen LogP contribution in [-0.2, 0) is 24.8 Å². The van der Waals surface area contributed by atoms with Gasteiger partial charge in [-0.2, -0.15) is 5.10 Å². The van der Waals surface area contributed by atoms with Crippen molar-refractivity contribution in [1.29, 1.82) is 0 Å². The van der Waals surface area contributed by atoms with Crippen LogP contribution in [0, 0.1) is 0 Å². The minimum absolute atomic E-state index is 0.0302. The number of amides is 1. The quantitative estimate of drug-likeness (QED) is 0.789. The predicted octanol–water partition coefficient (Wildman–Crippen LogP) is 1.58. The summed E-state index contributed by atoms with van der Waals surface area (Å²) in [5.74, 6) is 0.0302. The molecule has 2 heterocycles. The van der Waals surface area contributed by atoms with Crippen molar-refractivity contribution in [2.24, 2.45) is 7.05 Å². The zero-order chi connectivity index (χ0) is 15.2. The molecular weight excluding hydrogens is 286 g/mol. The van der Waals surface area contributed by atoms with E-state index in [9.17, 15) is 4.79 Å². The van der Waals surface area contributed by atoms with Crippen LogP contribution in [0.5, 0.6) is 0 Å². The van der Waals surface area contributed by atoms with Gasteiger partial charge in [0.15, 0.2) is 5.13 Å². The van der Waals surface area contributed by atoms with Gasteiger partial charge >= 0.3 is 0 Å². The van der Waals surface area contributed by atoms with Gasteiger partial charge in [0.05, 0.1) is 5.69 Å². The van der Waals surface area contributed by atoms with Crippen LogP contribution in [0.3, 0.4) is 0 Å². The van der Waals surface area contributed by atoms with E-state index < -0.39 is 0 Å². The minimum Gasteiger partial charge on any atom is -0.311 e. The Kier molecular flexibility index (Phi) is 5.46. The Morgan fingerprint density at radius 3 is 2.95 bits per heavy atom. The summed E-state index contributed by atoms with van der Waals surface area (Å²) < 4.78 is 1.88. The second-order valence-corrected chi connectivity index (χ2v) is 5.59. The largest absolute Gasteiger partial charge is 0.311 e. The van der Waals surface area contributed by atoms with Gasteiger partial charge in [0.25, 0.3) is 0 Å². The molecule has 0 unspecified atom stereocenters. The first kappa shape index (κ1) is 15.7. The molecule has 0 fully saturated rings. The standard InChI is InChI=1S/C14H21N5OS/c1-4-19(11(2)20)14-17-12(10-21-14)9-15-7-5-13-6-8-16-18(13)3/h6,8,10,15H,4-5,7,9H2,1-3H3. The lowest BCUT2D eigenvalue weighted by Crippen LogP contribution is -2.27. The normalized spacial score (nSPS) is 10.8. The highest BCUT2D eigenvalue weighted by Gasteiger charge is 2.13. The number of anilines is 1. The number of nitrogens with zero attached hydrogens (tertiary/aromatic N) is 4. The van der Waals surface area contributed by atoms with Gasteiger partial charge < -0.3 is 5.32 Å². The van der Waals surface area contributed by atoms with Crippen LogP contribution >= 0.6 is 11.3 Å². The van der Waals surface area contributed by atoms with Crippen molar-refractivity contribution in [3.63, 3.8) is 0 Å². The summed E-state index contributed by atoms with van der Waals surface area (Å²) in [5, 5.41) is 10.3. The lowest BCUT2D eigenvalue weighted by molar-refractivity contribution is -0.116. The fourth-order valence-electron chi connectivity index (χ4n) is 2.07. The number of carbonyl (C=O) groups is 1. The predicted molar refractivity (Wildman–Crippen MR) is 84.4 cm³/mol. The summed E-state index contributed by atoms with van der Waals surface area (Å²) in [6.07, 6.45) is 2.74. The molecular formula is C14H21N5OS. The second-order valence-electron chi connectivity index (χ2n) is 4.76. The topological polar surface area (TPSA) is 63.1 Å². The molecule has 2 aromatic heterocycles. The maximum atomic E-state index is 11.5. The summed E-state index contributed by atoms with van der Waals surface area (Å²) in [4.78, 5) is 17.7. The van der Waals surface area contributed by atoms with E-state index >= 15 is 0 Å². The highest BCUT2D eigenvalue weighted by molar-refractivity contribution is 7.14. The first-order valence-corrected chi connectivity index (χ1v) is 7.90. The van der Waals surface area contributed by atoms with Gasteiger partial charge in [0.1, 0.15) is 0 Å². The first-order chi connectivity index (χ1) is 10.1. The third kappa shape index (κ3) is 4.12. The number of aryl methyl sites for hydroxylation is 1. The molecule has 0 aliphatic heterocycles. The summed E-state index contributed by atoms with van der Waals surface area (Å²) in [5.41, 5.74) is 2.18. The van der Waals surface area contributed by atoms with Crippen molar-refractivity contribution < 1.29 is 4.79 Å². The molecule has 0 aromatic carbocycles. The molecule has 2 rings (SSSR count). The van der Waals surface area contributed by atoms with E-state index in [0.717, 1.165) is 23.8 Å². The number of thiazole rings is 1. The fraction of sp³-hybridized carbons (Fsp3) is 0.500. The maximum absolute atomic E-state index is 11.5. The van der Waals surface area contributed by atoms with Crippen LogP contribution in [0.2, 0.25) is 0 Å². The van der Waals surface area contributed by atoms with Gasteiger partial charge in [-0.1, -0.05) is 0 Å². The Morgan fingerprint density at radius 2 is 2.33 bits per heavy atom. The monoisotopic (exact) mass is 307 g/mol. The molecule has 0 atom stereocenters. The van der Waals surface area contributed by atoms with Crippen molar-refractivity contribution in [3.05, 3.63) is 29.0 Å². The second kappa shape index (κ2) is 7.33. The molecule has 1 amide bonds. The Labute approximate surface area is 128 Å². The number of rotatable bonds is 7. The Morgan fingerprint density at radius 1 is 1.52 bits per heavy atom. The zero-order valence-electron chi connectivity index (χ0n) is 12.7. The number of aromatic nitrogens is 3. The van der Waals surface area contributed by atoms with Crippen LogP contribution in [-0.4, -0.2) is 33.8 Å². The van der Waals surface area contributed by atoms with Gasteiger partial charge in [-0.05, 0) is 13.0 Å². The molecule has 0 saturated heterocycles. The number of hydrogen-bond donors (Lipinski definition) is 1. The van der Waals surface area contributed by atoms with Crippen molar-refractivity contribution in [3.8, 4) is 0 Å². The third-order valence-electron chi connectivity index (χ3n) is 3.25. The van der Waals surface area contributed by atoms with Crippen molar-refractivity contribution in [2.75, 3.05) is 18.0 Å². The third-order valence-corrected chi connectivity index (χ3v) is 4.17. The fourth-order valence-corrected chi connectivity index (χ4v) is 3.01. The van der Waals surface area contributed by atoms with Crippen LogP contribution in [0.4, 0.5) is 5.13 Å². The van der Waals surface area contributed by atoms with Crippen molar-refractivity contribution in [2.45, 2.75) is 26.8 Å². The van der Waals surface area contributed by atoms with E-state index in [0.29, 0.717) is 13.1 Å². The highest BCUT2D eigenvalue weighted by Crippen LogP contribution is 2.20. The first-order valence-electron chi connectivity index (χ1n) is 7.02. The number of hydrogen-bond acceptors (Lipinski definition) is 5. The minimum atomic E-state index is 0.0302. The molecule has 6 nitrogen and oxygen atoms in total. The summed E-state index contributed by atoms with van der Waals surface area (Å²) in [6, 6.07) is 2.02. The summed E-state index contributed by atoms with van der Waals surface area (Å²) in [6.45, 7) is 5.75. The number of carbonyl (C=O) groups excluding carboxylic acids is 1. The molecule has 0 aliphatic carbocycles. The molecule has 0 saturated carbocycles. The van der Waals surface area contributed by atoms with E-state index in [1.807, 2.05) is 36.3 Å². The Bertz CT molecular complexity index is 592. The molecule has 0 spiro atoms. The smallest absolute Gasteiger partial charge is 0.225 e. The van der Waals surface area contributed by atoms with E-state index in [4.69, 9.17) is 0 Å². The average Bonchev–Trinajstić information content (AvgIpc) is 3.05. The maximum Gasteiger partial charge on any atom is 0.225 e. The molecule has 7 heteroatoms. The lowest BCUT2D eigenvalue weighted by Gasteiger charge is -2.14. The molecule has 2 aromatic rings. The summed E-state index contributed by atoms with van der Waals surface area (Å²) in [7, 11) is 1.95. The van der Waals surface area contributed by atoms with Crippen molar-refractivity contribution in [1.82, 2.24) is 20.1 Å². The van der Waals surface area contributed by atoms with Gasteiger partial charge in [-0.15, -0.1) is 11.3 Å². The van der Waals surface area contributed by atoms with Crippen LogP contribution in [0.15, 0.2) is 17.6 Å². The molecule has 1 N–H and O–H groups in total. The van der Waals surface area contributed by atoms with Gasteiger partial charge in [0, 0.05) is 57.3 Å². The molecule has 114 valence electrons. The SMILES string of the molecule is CCN(C(C)=O)c1nc(CNCCc2ccnn2C)cs1. The molecule has 0 bridgehead atoms. The van der Waals surface area contributed by atoms with Crippen LogP contribution in [0.25, 0.3) is 0 Å². The molecule has 21 heavy (non-hydrogen) atoms. The lowest BCUT2D eigenvalue weighted by atomic mass is 10.3. The van der Waals surface area contributed by atoms with E-state index in [1.54, 1.807) is 11.8 Å². The Balaban J connectivity index is 1.80. The van der Waals surface area contributed by atoms with Gasteiger partial charge in [-0.25, -0.2) is 4.98 Å². The van der Waals surface area contributed by atoms with Crippen molar-refractivity contribution >= 4 is 22.4 Å². The number of nitrogens with one attached hydrogen (secondary N) is 1. The van der Waals surface area contributed by atoms with Crippen LogP contribution < -0.4 is 10.2 Å². The van der Waals surface area contributed by atoms with Crippen LogP contribution in [0.1, 0.15) is 25.2 Å². The van der Waals surface area contributed by atoms with Gasteiger partial charge in [-0.3, -0.25) is 14.4 Å².